The number of alkyl halides is 9. The van der Waals surface area contributed by atoms with E-state index < -0.39 is 36.4 Å². The Morgan fingerprint density at radius 3 is 1.89 bits per heavy atom. The number of rotatable bonds is 5. The number of ether oxygens (including phenoxy) is 1. The van der Waals surface area contributed by atoms with E-state index in [1.807, 2.05) is 25.3 Å². The van der Waals surface area contributed by atoms with Crippen LogP contribution in [-0.2, 0) is 32.3 Å². The number of carboxylic acids is 3. The zero-order valence-corrected chi connectivity index (χ0v) is 23.9. The molecule has 2 aliphatic rings. The Bertz CT molecular complexity index is 1170. The van der Waals surface area contributed by atoms with Crippen LogP contribution in [-0.4, -0.2) is 110 Å². The van der Waals surface area contributed by atoms with Crippen LogP contribution in [0.2, 0.25) is 0 Å². The molecule has 0 saturated carbocycles. The van der Waals surface area contributed by atoms with E-state index in [2.05, 4.69) is 31.2 Å². The van der Waals surface area contributed by atoms with Crippen molar-refractivity contribution in [2.75, 3.05) is 26.2 Å². The molecule has 2 aromatic heterocycles. The normalized spacial score (nSPS) is 18.6. The fourth-order valence-corrected chi connectivity index (χ4v) is 4.39. The highest BCUT2D eigenvalue weighted by Crippen LogP contribution is 2.26. The number of aliphatic carboxylic acids is 3. The van der Waals surface area contributed by atoms with E-state index in [0.717, 1.165) is 50.5 Å². The number of carbonyl (C=O) groups is 3. The van der Waals surface area contributed by atoms with Crippen molar-refractivity contribution < 1.29 is 74.0 Å². The van der Waals surface area contributed by atoms with Crippen LogP contribution in [0.4, 0.5) is 39.5 Å². The van der Waals surface area contributed by atoms with Crippen LogP contribution in [0, 0.1) is 6.92 Å². The van der Waals surface area contributed by atoms with Crippen molar-refractivity contribution in [2.45, 2.75) is 57.2 Å². The molecule has 4 rings (SSSR count). The van der Waals surface area contributed by atoms with Gasteiger partial charge < -0.3 is 20.1 Å². The lowest BCUT2D eigenvalue weighted by molar-refractivity contribution is -0.193. The van der Waals surface area contributed by atoms with Crippen LogP contribution in [0.5, 0.6) is 0 Å². The fourth-order valence-electron chi connectivity index (χ4n) is 3.73. The molecule has 0 radical (unpaired) electrons. The Morgan fingerprint density at radius 1 is 0.911 bits per heavy atom. The van der Waals surface area contributed by atoms with Gasteiger partial charge in [0.25, 0.3) is 0 Å². The minimum absolute atomic E-state index is 0.331. The first-order valence-corrected chi connectivity index (χ1v) is 13.3. The summed E-state index contributed by atoms with van der Waals surface area (Å²) in [5.41, 5.74) is 2.09. The first-order chi connectivity index (χ1) is 20.6. The zero-order valence-electron chi connectivity index (χ0n) is 23.1. The van der Waals surface area contributed by atoms with Crippen LogP contribution < -0.4 is 0 Å². The number of aryl methyl sites for hydroxylation is 1. The van der Waals surface area contributed by atoms with Crippen molar-refractivity contribution >= 4 is 29.2 Å². The number of piperazine rings is 1. The molecule has 2 saturated heterocycles. The van der Waals surface area contributed by atoms with Gasteiger partial charge in [0.15, 0.2) is 0 Å². The number of aromatic nitrogens is 2. The first-order valence-electron chi connectivity index (χ1n) is 12.4. The number of thiazole rings is 1. The number of pyridine rings is 1. The molecule has 45 heavy (non-hydrogen) atoms. The van der Waals surface area contributed by atoms with Crippen LogP contribution in [0.3, 0.4) is 0 Å². The van der Waals surface area contributed by atoms with Gasteiger partial charge in [0, 0.05) is 49.5 Å². The number of hydrogen-bond donors (Lipinski definition) is 3. The minimum atomic E-state index is -5.08. The number of carboxylic acid groups (broad SMARTS) is 3. The van der Waals surface area contributed by atoms with Gasteiger partial charge in [-0.25, -0.2) is 19.4 Å². The molecule has 11 nitrogen and oxygen atoms in total. The van der Waals surface area contributed by atoms with Gasteiger partial charge in [-0.15, -0.1) is 11.3 Å². The molecule has 4 heterocycles. The third-order valence-electron chi connectivity index (χ3n) is 5.64. The van der Waals surface area contributed by atoms with Gasteiger partial charge in [0.2, 0.25) is 0 Å². The van der Waals surface area contributed by atoms with Crippen LogP contribution in [0.15, 0.2) is 29.8 Å². The Hall–Kier alpha value is -3.56. The molecule has 2 fully saturated rings. The number of halogens is 9. The average Bonchev–Trinajstić information content (AvgIpc) is 3.56. The summed E-state index contributed by atoms with van der Waals surface area (Å²) in [6, 6.07) is 6.74. The summed E-state index contributed by atoms with van der Waals surface area (Å²) >= 11 is 1.75. The topological polar surface area (TPSA) is 153 Å². The van der Waals surface area contributed by atoms with Crippen molar-refractivity contribution in [3.05, 3.63) is 46.2 Å². The molecule has 0 aliphatic carbocycles. The molecule has 3 N–H and O–H groups in total. The molecule has 2 aliphatic heterocycles. The third kappa shape index (κ3) is 15.8. The standard InChI is InChI=1S/C18H24N4OS.3C2HF3O2/c1-14-3-2-4-15(20-14)13-23-17-9-16-10-21(6-7-22(16)11-17)12-18-19-5-8-24-18;3*3-2(4,5)1(6)7/h2-5,8,16-17H,6-7,9-13H2,1H3;3*(H,6,7). The highest BCUT2D eigenvalue weighted by Gasteiger charge is 2.40. The smallest absolute Gasteiger partial charge is 0.475 e. The Morgan fingerprint density at radius 2 is 1.44 bits per heavy atom. The molecule has 0 aromatic carbocycles. The highest BCUT2D eigenvalue weighted by atomic mass is 32.1. The van der Waals surface area contributed by atoms with Crippen molar-refractivity contribution in [3.63, 3.8) is 0 Å². The summed E-state index contributed by atoms with van der Waals surface area (Å²) in [5.74, 6) is -8.27. The van der Waals surface area contributed by atoms with E-state index in [4.69, 9.17) is 34.4 Å². The van der Waals surface area contributed by atoms with Gasteiger partial charge in [-0.1, -0.05) is 6.07 Å². The van der Waals surface area contributed by atoms with Gasteiger partial charge in [0.1, 0.15) is 5.01 Å². The third-order valence-corrected chi connectivity index (χ3v) is 6.41. The second-order valence-corrected chi connectivity index (χ2v) is 10.1. The number of nitrogens with zero attached hydrogens (tertiary/aromatic N) is 4. The molecular formula is C24H27F9N4O7S. The molecule has 254 valence electrons. The van der Waals surface area contributed by atoms with Crippen molar-refractivity contribution in [3.8, 4) is 0 Å². The van der Waals surface area contributed by atoms with Crippen LogP contribution in [0.1, 0.15) is 22.8 Å². The maximum absolute atomic E-state index is 10.6. The average molecular weight is 687 g/mol. The predicted octanol–water partition coefficient (Wildman–Crippen LogP) is 4.22. The maximum Gasteiger partial charge on any atom is 0.490 e. The second kappa shape index (κ2) is 17.2. The van der Waals surface area contributed by atoms with E-state index in [-0.39, 0.29) is 0 Å². The minimum Gasteiger partial charge on any atom is -0.475 e. The van der Waals surface area contributed by atoms with Gasteiger partial charge in [-0.05, 0) is 25.5 Å². The molecular weight excluding hydrogens is 659 g/mol. The van der Waals surface area contributed by atoms with E-state index in [1.165, 1.54) is 5.01 Å². The number of hydrogen-bond acceptors (Lipinski definition) is 9. The Balaban J connectivity index is 0.000000396. The second-order valence-electron chi connectivity index (χ2n) is 9.16. The quantitative estimate of drug-likeness (QED) is 0.388. The first kappa shape index (κ1) is 39.5. The molecule has 0 amide bonds. The number of fused-ring (bicyclic) bond motifs is 1. The lowest BCUT2D eigenvalue weighted by Gasteiger charge is -2.36. The maximum atomic E-state index is 10.6. The lowest BCUT2D eigenvalue weighted by Crippen LogP contribution is -2.49. The lowest BCUT2D eigenvalue weighted by atomic mass is 10.1. The SMILES string of the molecule is Cc1cccc(COC2CC3CN(Cc4nccs4)CCN3C2)n1.O=C(O)C(F)(F)F.O=C(O)C(F)(F)F.O=C(O)C(F)(F)F. The van der Waals surface area contributed by atoms with Gasteiger partial charge in [-0.2, -0.15) is 39.5 Å². The molecule has 0 spiro atoms. The monoisotopic (exact) mass is 686 g/mol. The van der Waals surface area contributed by atoms with Crippen LogP contribution >= 0.6 is 11.3 Å². The van der Waals surface area contributed by atoms with Crippen molar-refractivity contribution in [1.82, 2.24) is 19.8 Å². The summed E-state index contributed by atoms with van der Waals surface area (Å²) in [7, 11) is 0. The highest BCUT2D eigenvalue weighted by molar-refractivity contribution is 7.09. The van der Waals surface area contributed by atoms with Crippen molar-refractivity contribution in [1.29, 1.82) is 0 Å². The summed E-state index contributed by atoms with van der Waals surface area (Å²) in [4.78, 5) is 40.7. The largest absolute Gasteiger partial charge is 0.490 e. The summed E-state index contributed by atoms with van der Waals surface area (Å²) in [5, 5.41) is 24.7. The summed E-state index contributed by atoms with van der Waals surface area (Å²) in [6.45, 7) is 8.08. The molecule has 21 heteroatoms. The molecule has 2 aromatic rings. The van der Waals surface area contributed by atoms with E-state index in [1.54, 1.807) is 11.3 Å². The Labute approximate surface area is 252 Å². The summed E-state index contributed by atoms with van der Waals surface area (Å²) < 4.78 is 101. The molecule has 2 unspecified atom stereocenters. The van der Waals surface area contributed by atoms with E-state index in [9.17, 15) is 39.5 Å². The van der Waals surface area contributed by atoms with Gasteiger partial charge in [0.05, 0.1) is 24.9 Å². The fraction of sp³-hybridized carbons (Fsp3) is 0.542. The van der Waals surface area contributed by atoms with Gasteiger partial charge in [-0.3, -0.25) is 14.8 Å². The molecule has 2 atom stereocenters. The van der Waals surface area contributed by atoms with Crippen LogP contribution in [0.25, 0.3) is 0 Å². The Kier molecular flexibility index (Phi) is 15.1. The van der Waals surface area contributed by atoms with Gasteiger partial charge >= 0.3 is 36.4 Å². The zero-order chi connectivity index (χ0) is 34.6. The predicted molar refractivity (Wildman–Crippen MR) is 136 cm³/mol. The van der Waals surface area contributed by atoms with Crippen molar-refractivity contribution in [2.24, 2.45) is 0 Å². The van der Waals surface area contributed by atoms with E-state index >= 15 is 0 Å². The van der Waals surface area contributed by atoms with E-state index in [0.29, 0.717) is 18.8 Å². The molecule has 0 bridgehead atoms. The summed E-state index contributed by atoms with van der Waals surface area (Å²) in [6.07, 6.45) is -11.9.